The van der Waals surface area contributed by atoms with Gasteiger partial charge in [0.1, 0.15) is 5.76 Å². The molecule has 0 saturated heterocycles. The quantitative estimate of drug-likeness (QED) is 0.689. The van der Waals surface area contributed by atoms with Gasteiger partial charge >= 0.3 is 0 Å². The van der Waals surface area contributed by atoms with E-state index in [0.717, 1.165) is 23.8 Å². The van der Waals surface area contributed by atoms with E-state index in [-0.39, 0.29) is 0 Å². The number of aromatic nitrogens is 1. The third kappa shape index (κ3) is 3.07. The Morgan fingerprint density at radius 2 is 2.25 bits per heavy atom. The normalized spacial score (nSPS) is 11.0. The number of aryl methyl sites for hydroxylation is 2. The van der Waals surface area contributed by atoms with E-state index in [0.29, 0.717) is 0 Å². The summed E-state index contributed by atoms with van der Waals surface area (Å²) in [6.45, 7) is 6.42. The number of nitrogens with zero attached hydrogens (tertiary/aromatic N) is 1. The maximum atomic E-state index is 4.97. The average Bonchev–Trinajstić information content (AvgIpc) is 2.35. The van der Waals surface area contributed by atoms with E-state index in [1.165, 1.54) is 12.8 Å². The highest BCUT2D eigenvalue weighted by atomic mass is 16.5. The molecule has 0 amide bonds. The van der Waals surface area contributed by atoms with Gasteiger partial charge in [-0.3, -0.25) is 0 Å². The second-order valence-electron chi connectivity index (χ2n) is 3.71. The predicted octanol–water partition coefficient (Wildman–Crippen LogP) is 2.96. The molecule has 0 aliphatic carbocycles. The molecule has 1 aromatic heterocycles. The molecule has 1 rings (SSSR count). The number of rotatable bonds is 4. The molecule has 68 valence electrons. The third-order valence-corrected chi connectivity index (χ3v) is 1.89. The fourth-order valence-electron chi connectivity index (χ4n) is 1.23. The minimum Gasteiger partial charge on any atom is -0.361 e. The van der Waals surface area contributed by atoms with Crippen molar-refractivity contribution in [2.75, 3.05) is 0 Å². The Balaban J connectivity index is 2.24. The SMILES string of the molecule is Cc1cc(CCCC(C)C)no1. The van der Waals surface area contributed by atoms with Crippen LogP contribution in [0.2, 0.25) is 0 Å². The first kappa shape index (κ1) is 9.30. The Kier molecular flexibility index (Phi) is 3.32. The molecule has 0 spiro atoms. The summed E-state index contributed by atoms with van der Waals surface area (Å²) in [5.74, 6) is 1.70. The van der Waals surface area contributed by atoms with Crippen molar-refractivity contribution < 1.29 is 4.52 Å². The van der Waals surface area contributed by atoms with Crippen LogP contribution in [0.5, 0.6) is 0 Å². The van der Waals surface area contributed by atoms with Gasteiger partial charge in [-0.25, -0.2) is 0 Å². The van der Waals surface area contributed by atoms with Crippen LogP contribution in [0, 0.1) is 12.8 Å². The Morgan fingerprint density at radius 1 is 1.50 bits per heavy atom. The van der Waals surface area contributed by atoms with Crippen LogP contribution in [0.3, 0.4) is 0 Å². The summed E-state index contributed by atoms with van der Waals surface area (Å²) in [7, 11) is 0. The van der Waals surface area contributed by atoms with E-state index >= 15 is 0 Å². The lowest BCUT2D eigenvalue weighted by Gasteiger charge is -2.00. The van der Waals surface area contributed by atoms with Gasteiger partial charge in [-0.2, -0.15) is 0 Å². The summed E-state index contributed by atoms with van der Waals surface area (Å²) in [5.41, 5.74) is 1.09. The van der Waals surface area contributed by atoms with E-state index < -0.39 is 0 Å². The molecule has 0 unspecified atom stereocenters. The number of hydrogen-bond donors (Lipinski definition) is 0. The van der Waals surface area contributed by atoms with Crippen molar-refractivity contribution in [3.63, 3.8) is 0 Å². The monoisotopic (exact) mass is 167 g/mol. The van der Waals surface area contributed by atoms with Crippen molar-refractivity contribution in [3.8, 4) is 0 Å². The van der Waals surface area contributed by atoms with Gasteiger partial charge in [-0.1, -0.05) is 25.4 Å². The molecular formula is C10H17NO. The molecule has 0 bridgehead atoms. The van der Waals surface area contributed by atoms with Gasteiger partial charge in [0.15, 0.2) is 0 Å². The van der Waals surface area contributed by atoms with Gasteiger partial charge in [0, 0.05) is 6.07 Å². The van der Waals surface area contributed by atoms with Gasteiger partial charge in [0.05, 0.1) is 5.69 Å². The van der Waals surface area contributed by atoms with Crippen molar-refractivity contribution >= 4 is 0 Å². The van der Waals surface area contributed by atoms with Gasteiger partial charge in [-0.05, 0) is 25.7 Å². The smallest absolute Gasteiger partial charge is 0.133 e. The lowest BCUT2D eigenvalue weighted by molar-refractivity contribution is 0.388. The minimum absolute atomic E-state index is 0.790. The van der Waals surface area contributed by atoms with E-state index in [1.807, 2.05) is 13.0 Å². The molecule has 2 heteroatoms. The van der Waals surface area contributed by atoms with Crippen molar-refractivity contribution in [1.29, 1.82) is 0 Å². The number of hydrogen-bond acceptors (Lipinski definition) is 2. The van der Waals surface area contributed by atoms with Crippen LogP contribution < -0.4 is 0 Å². The standard InChI is InChI=1S/C10H17NO/c1-8(2)5-4-6-10-7-9(3)12-11-10/h7-8H,4-6H2,1-3H3. The van der Waals surface area contributed by atoms with Gasteiger partial charge in [0.25, 0.3) is 0 Å². The van der Waals surface area contributed by atoms with Gasteiger partial charge < -0.3 is 4.52 Å². The van der Waals surface area contributed by atoms with E-state index in [1.54, 1.807) is 0 Å². The van der Waals surface area contributed by atoms with Crippen LogP contribution in [0.4, 0.5) is 0 Å². The summed E-state index contributed by atoms with van der Waals surface area (Å²) < 4.78 is 4.97. The van der Waals surface area contributed by atoms with Gasteiger partial charge in [-0.15, -0.1) is 0 Å². The Labute approximate surface area is 74.0 Å². The maximum Gasteiger partial charge on any atom is 0.133 e. The second-order valence-corrected chi connectivity index (χ2v) is 3.71. The summed E-state index contributed by atoms with van der Waals surface area (Å²) in [5, 5.41) is 3.94. The Bertz CT molecular complexity index is 227. The van der Waals surface area contributed by atoms with Crippen LogP contribution in [0.1, 0.15) is 38.1 Å². The lowest BCUT2D eigenvalue weighted by atomic mass is 10.1. The van der Waals surface area contributed by atoms with Crippen LogP contribution in [-0.4, -0.2) is 5.16 Å². The van der Waals surface area contributed by atoms with Crippen LogP contribution in [0.25, 0.3) is 0 Å². The summed E-state index contributed by atoms with van der Waals surface area (Å²) in [4.78, 5) is 0. The first-order valence-electron chi connectivity index (χ1n) is 4.60. The molecule has 1 aromatic rings. The second kappa shape index (κ2) is 4.29. The topological polar surface area (TPSA) is 26.0 Å². The molecular weight excluding hydrogens is 150 g/mol. The summed E-state index contributed by atoms with van der Waals surface area (Å²) in [6.07, 6.45) is 3.53. The first-order valence-corrected chi connectivity index (χ1v) is 4.60. The lowest BCUT2D eigenvalue weighted by Crippen LogP contribution is -1.90. The molecule has 0 aromatic carbocycles. The first-order chi connectivity index (χ1) is 5.68. The van der Waals surface area contributed by atoms with E-state index in [2.05, 4.69) is 19.0 Å². The van der Waals surface area contributed by atoms with Crippen LogP contribution >= 0.6 is 0 Å². The molecule has 12 heavy (non-hydrogen) atoms. The Morgan fingerprint density at radius 3 is 2.75 bits per heavy atom. The highest BCUT2D eigenvalue weighted by Gasteiger charge is 2.00. The van der Waals surface area contributed by atoms with Crippen LogP contribution in [0.15, 0.2) is 10.6 Å². The average molecular weight is 167 g/mol. The maximum absolute atomic E-state index is 4.97. The highest BCUT2D eigenvalue weighted by Crippen LogP contribution is 2.09. The zero-order valence-corrected chi connectivity index (χ0v) is 8.13. The van der Waals surface area contributed by atoms with Crippen LogP contribution in [-0.2, 0) is 6.42 Å². The molecule has 0 fully saturated rings. The minimum atomic E-state index is 0.790. The molecule has 0 aliphatic heterocycles. The highest BCUT2D eigenvalue weighted by molar-refractivity contribution is 5.03. The fraction of sp³-hybridized carbons (Fsp3) is 0.700. The van der Waals surface area contributed by atoms with E-state index in [9.17, 15) is 0 Å². The molecule has 2 nitrogen and oxygen atoms in total. The Hall–Kier alpha value is -0.790. The third-order valence-electron chi connectivity index (χ3n) is 1.89. The zero-order valence-electron chi connectivity index (χ0n) is 8.13. The molecule has 0 saturated carbocycles. The van der Waals surface area contributed by atoms with Crippen molar-refractivity contribution in [1.82, 2.24) is 5.16 Å². The van der Waals surface area contributed by atoms with E-state index in [4.69, 9.17) is 4.52 Å². The van der Waals surface area contributed by atoms with Crippen molar-refractivity contribution in [2.24, 2.45) is 5.92 Å². The largest absolute Gasteiger partial charge is 0.361 e. The van der Waals surface area contributed by atoms with Crippen molar-refractivity contribution in [2.45, 2.75) is 40.0 Å². The fourth-order valence-corrected chi connectivity index (χ4v) is 1.23. The summed E-state index contributed by atoms with van der Waals surface area (Å²) in [6, 6.07) is 2.01. The molecule has 0 N–H and O–H groups in total. The summed E-state index contributed by atoms with van der Waals surface area (Å²) >= 11 is 0. The molecule has 0 atom stereocenters. The van der Waals surface area contributed by atoms with Crippen molar-refractivity contribution in [3.05, 3.63) is 17.5 Å². The molecule has 0 radical (unpaired) electrons. The molecule has 1 heterocycles. The predicted molar refractivity (Wildman–Crippen MR) is 49.0 cm³/mol. The molecule has 0 aliphatic rings. The zero-order chi connectivity index (χ0) is 8.97. The van der Waals surface area contributed by atoms with Gasteiger partial charge in [0.2, 0.25) is 0 Å².